The Kier molecular flexibility index (Phi) is 16.4. The van der Waals surface area contributed by atoms with Crippen molar-refractivity contribution in [1.82, 2.24) is 4.57 Å². The first kappa shape index (κ1) is 65.4. The quantitative estimate of drug-likeness (QED) is 0.0706. The molecule has 0 spiro atoms. The van der Waals surface area contributed by atoms with E-state index in [9.17, 15) is 0 Å². The summed E-state index contributed by atoms with van der Waals surface area (Å²) >= 11 is 0. The standard InChI is InChI=1S/C102H74BN3Si3/c1-11-37-75(38-12-1)76-65-67-77(68-66-76)104-97-63-36-64-100(109(86-52-25-8-26-53-86,87-54-27-9-28-55-87)88-56-29-10-30-57-88)102(97)103-93-74-90(108(83-46-19-5-20-47-83,84-48-21-6-22-49-84)85-50-23-7-24-51-85)69-70-96(93)105(99-73-79(72-98(104)101(99)103)106-94-61-33-31-59-91(94)92-60-32-34-62-95(92)106)78-39-35-58-89(71-78)107(80-40-13-2-14-41-80,81-42-15-3-16-43-81)82-44-17-4-18-45-82/h1-74H. The highest BCUT2D eigenvalue weighted by Gasteiger charge is 2.52. The van der Waals surface area contributed by atoms with Gasteiger partial charge in [0.05, 0.1) is 16.7 Å². The monoisotopic (exact) mass is 1440 g/mol. The molecular weight excluding hydrogens is 1360 g/mol. The zero-order valence-corrected chi connectivity index (χ0v) is 63.1. The molecule has 0 radical (unpaired) electrons. The summed E-state index contributed by atoms with van der Waals surface area (Å²) in [5, 5.41) is 18.3. The van der Waals surface area contributed by atoms with Gasteiger partial charge in [0.15, 0.2) is 24.2 Å². The Labute approximate surface area is 641 Å². The van der Waals surface area contributed by atoms with Crippen molar-refractivity contribution in [2.45, 2.75) is 0 Å². The number of hydrogen-bond donors (Lipinski definition) is 0. The van der Waals surface area contributed by atoms with Crippen LogP contribution in [0.15, 0.2) is 449 Å². The molecule has 20 rings (SSSR count). The van der Waals surface area contributed by atoms with Crippen LogP contribution in [-0.4, -0.2) is 35.5 Å². The topological polar surface area (TPSA) is 11.4 Å². The SMILES string of the molecule is c1ccc(-c2ccc(N3c4cc(-n5c6ccccc6c6ccccc65)cc5c4B(c4cc([Si](c6ccccc6)(c6ccccc6)c6ccccc6)ccc4N5c4cccc([Si](c5ccccc5)(c5ccccc5)c5ccccc5)c4)c4c3cccc4[Si](c3ccccc3)(c3ccccc3)c3ccccc3)cc2)cc1. The lowest BCUT2D eigenvalue weighted by Gasteiger charge is -2.47. The molecule has 3 heterocycles. The van der Waals surface area contributed by atoms with Crippen LogP contribution < -0.4 is 88.4 Å². The minimum absolute atomic E-state index is 0.346. The molecule has 0 N–H and O–H groups in total. The minimum atomic E-state index is -3.42. The van der Waals surface area contributed by atoms with E-state index in [0.717, 1.165) is 56.4 Å². The van der Waals surface area contributed by atoms with Crippen molar-refractivity contribution in [3.8, 4) is 16.8 Å². The van der Waals surface area contributed by atoms with Crippen molar-refractivity contribution < 1.29 is 0 Å². The molecule has 0 unspecified atom stereocenters. The molecule has 3 nitrogen and oxygen atoms in total. The molecule has 2 aliphatic rings. The van der Waals surface area contributed by atoms with E-state index >= 15 is 0 Å². The highest BCUT2D eigenvalue weighted by atomic mass is 28.3. The molecule has 17 aromatic carbocycles. The van der Waals surface area contributed by atoms with Gasteiger partial charge in [0.2, 0.25) is 0 Å². The van der Waals surface area contributed by atoms with Crippen molar-refractivity contribution in [1.29, 1.82) is 0 Å². The highest BCUT2D eigenvalue weighted by molar-refractivity contribution is 7.23. The summed E-state index contributed by atoms with van der Waals surface area (Å²) in [6.45, 7) is -0.346. The van der Waals surface area contributed by atoms with Crippen LogP contribution in [0.5, 0.6) is 0 Å². The van der Waals surface area contributed by atoms with E-state index in [-0.39, 0.29) is 6.71 Å². The van der Waals surface area contributed by atoms with Gasteiger partial charge in [-0.2, -0.15) is 0 Å². The van der Waals surface area contributed by atoms with Gasteiger partial charge in [-0.25, -0.2) is 0 Å². The molecule has 0 fully saturated rings. The van der Waals surface area contributed by atoms with Crippen molar-refractivity contribution in [3.05, 3.63) is 449 Å². The van der Waals surface area contributed by atoms with Crippen LogP contribution in [0.4, 0.5) is 34.1 Å². The van der Waals surface area contributed by atoms with Crippen molar-refractivity contribution >= 4 is 165 Å². The summed E-state index contributed by atoms with van der Waals surface area (Å²) in [6, 6.07) is 172. The lowest BCUT2D eigenvalue weighted by molar-refractivity contribution is 1.16. The Balaban J connectivity index is 0.981. The third-order valence-electron chi connectivity index (χ3n) is 23.4. The van der Waals surface area contributed by atoms with Gasteiger partial charge in [-0.05, 0) is 150 Å². The largest absolute Gasteiger partial charge is 0.311 e. The van der Waals surface area contributed by atoms with Crippen molar-refractivity contribution in [2.75, 3.05) is 9.80 Å². The molecule has 0 saturated heterocycles. The second-order valence-corrected chi connectivity index (χ2v) is 40.3. The normalized spacial score (nSPS) is 12.5. The van der Waals surface area contributed by atoms with Crippen LogP contribution in [0, 0.1) is 0 Å². The smallest absolute Gasteiger partial charge is 0.252 e. The van der Waals surface area contributed by atoms with Gasteiger partial charge in [0.25, 0.3) is 6.71 Å². The van der Waals surface area contributed by atoms with E-state index in [4.69, 9.17) is 0 Å². The Morgan fingerprint density at radius 1 is 0.193 bits per heavy atom. The van der Waals surface area contributed by atoms with Crippen LogP contribution >= 0.6 is 0 Å². The van der Waals surface area contributed by atoms with Crippen molar-refractivity contribution in [3.63, 3.8) is 0 Å². The van der Waals surface area contributed by atoms with Gasteiger partial charge in [0.1, 0.15) is 0 Å². The zero-order valence-electron chi connectivity index (χ0n) is 60.1. The molecule has 0 bridgehead atoms. The Morgan fingerprint density at radius 3 is 0.954 bits per heavy atom. The first-order chi connectivity index (χ1) is 54.1. The number of hydrogen-bond acceptors (Lipinski definition) is 2. The summed E-state index contributed by atoms with van der Waals surface area (Å²) in [6.07, 6.45) is 0. The van der Waals surface area contributed by atoms with Crippen LogP contribution in [0.2, 0.25) is 0 Å². The summed E-state index contributed by atoms with van der Waals surface area (Å²) in [7, 11) is -9.81. The fourth-order valence-corrected chi connectivity index (χ4v) is 33.6. The van der Waals surface area contributed by atoms with Crippen LogP contribution in [-0.2, 0) is 0 Å². The molecule has 0 aliphatic carbocycles. The highest BCUT2D eigenvalue weighted by Crippen LogP contribution is 2.47. The maximum absolute atomic E-state index is 3.42. The average Bonchev–Trinajstić information content (AvgIpc) is 0.949. The van der Waals surface area contributed by atoms with E-state index in [1.54, 1.807) is 0 Å². The molecule has 0 saturated carbocycles. The fraction of sp³-hybridized carbons (Fsp3) is 0. The lowest BCUT2D eigenvalue weighted by Crippen LogP contribution is -2.80. The average molecular weight is 1440 g/mol. The van der Waals surface area contributed by atoms with Crippen LogP contribution in [0.1, 0.15) is 0 Å². The second kappa shape index (κ2) is 27.3. The third kappa shape index (κ3) is 10.4. The number of fused-ring (bicyclic) bond motifs is 7. The van der Waals surface area contributed by atoms with E-state index in [0.29, 0.717) is 0 Å². The number of para-hydroxylation sites is 2. The Hall–Kier alpha value is -13.1. The molecule has 1 aromatic heterocycles. The fourth-order valence-electron chi connectivity index (χ4n) is 18.9. The lowest BCUT2D eigenvalue weighted by atomic mass is 9.33. The molecule has 0 amide bonds. The minimum Gasteiger partial charge on any atom is -0.311 e. The number of aromatic nitrogens is 1. The predicted octanol–water partition coefficient (Wildman–Crippen LogP) is 14.7. The van der Waals surface area contributed by atoms with Gasteiger partial charge in [-0.1, -0.05) is 388 Å². The first-order valence-electron chi connectivity index (χ1n) is 37.9. The predicted molar refractivity (Wildman–Crippen MR) is 471 cm³/mol. The van der Waals surface area contributed by atoms with Crippen LogP contribution in [0.25, 0.3) is 38.6 Å². The van der Waals surface area contributed by atoms with Gasteiger partial charge >= 0.3 is 0 Å². The van der Waals surface area contributed by atoms with Gasteiger partial charge in [-0.15, -0.1) is 0 Å². The molecule has 2 aliphatic heterocycles. The molecule has 109 heavy (non-hydrogen) atoms. The Morgan fingerprint density at radius 2 is 0.532 bits per heavy atom. The first-order valence-corrected chi connectivity index (χ1v) is 43.9. The molecular formula is C102H74BN3Si3. The molecule has 512 valence electrons. The van der Waals surface area contributed by atoms with Gasteiger partial charge in [-0.3, -0.25) is 0 Å². The van der Waals surface area contributed by atoms with Crippen molar-refractivity contribution in [2.24, 2.45) is 0 Å². The maximum atomic E-state index is 2.72. The van der Waals surface area contributed by atoms with E-state index in [1.807, 2.05) is 0 Å². The number of benzene rings is 17. The molecule has 0 atom stereocenters. The Bertz CT molecular complexity index is 5990. The number of anilines is 6. The maximum Gasteiger partial charge on any atom is 0.252 e. The second-order valence-electron chi connectivity index (χ2n) is 28.9. The number of nitrogens with zero attached hydrogens (tertiary/aromatic N) is 3. The molecule has 7 heteroatoms. The van der Waals surface area contributed by atoms with Gasteiger partial charge < -0.3 is 14.4 Å². The van der Waals surface area contributed by atoms with E-state index < -0.39 is 24.2 Å². The summed E-state index contributed by atoms with van der Waals surface area (Å²) < 4.78 is 2.54. The van der Waals surface area contributed by atoms with E-state index in [2.05, 4.69) is 463 Å². The molecule has 18 aromatic rings. The third-order valence-corrected chi connectivity index (χ3v) is 37.8. The number of rotatable bonds is 16. The zero-order chi connectivity index (χ0) is 72.3. The van der Waals surface area contributed by atoms with Crippen LogP contribution in [0.3, 0.4) is 0 Å². The van der Waals surface area contributed by atoms with E-state index in [1.165, 1.54) is 95.0 Å². The summed E-state index contributed by atoms with van der Waals surface area (Å²) in [5.41, 5.74) is 16.2. The van der Waals surface area contributed by atoms with Gasteiger partial charge in [0, 0.05) is 44.9 Å². The summed E-state index contributed by atoms with van der Waals surface area (Å²) in [5.74, 6) is 0. The summed E-state index contributed by atoms with van der Waals surface area (Å²) in [4.78, 5) is 5.37.